The molecule has 2 heterocycles. The van der Waals surface area contributed by atoms with Crippen molar-refractivity contribution in [2.24, 2.45) is 0 Å². The van der Waals surface area contributed by atoms with Crippen LogP contribution in [0.15, 0.2) is 30.3 Å². The third kappa shape index (κ3) is 9.48. The number of hydrogen-bond donors (Lipinski definition) is 2. The first kappa shape index (κ1) is 33.0. The van der Waals surface area contributed by atoms with Crippen molar-refractivity contribution in [3.63, 3.8) is 0 Å². The molecule has 0 aromatic heterocycles. The number of carbonyl (C=O) groups excluding carboxylic acids is 3. The summed E-state index contributed by atoms with van der Waals surface area (Å²) in [6.45, 7) is 5.92. The van der Waals surface area contributed by atoms with Gasteiger partial charge in [0.05, 0.1) is 6.42 Å². The molecule has 1 unspecified atom stereocenters. The van der Waals surface area contributed by atoms with Crippen molar-refractivity contribution in [1.82, 2.24) is 10.2 Å². The second-order valence-electron chi connectivity index (χ2n) is 11.9. The summed E-state index contributed by atoms with van der Waals surface area (Å²) in [6.07, 6.45) is 13.3. The van der Waals surface area contributed by atoms with Crippen molar-refractivity contribution in [1.29, 1.82) is 0 Å². The number of thioether (sulfide) groups is 1. The molecule has 0 saturated carbocycles. The van der Waals surface area contributed by atoms with Crippen LogP contribution in [0.5, 0.6) is 0 Å². The van der Waals surface area contributed by atoms with Crippen molar-refractivity contribution in [2.45, 2.75) is 139 Å². The lowest BCUT2D eigenvalue weighted by Crippen LogP contribution is -2.71. The van der Waals surface area contributed by atoms with Gasteiger partial charge in [0, 0.05) is 4.75 Å². The number of amides is 2. The predicted molar refractivity (Wildman–Crippen MR) is 161 cm³/mol. The van der Waals surface area contributed by atoms with E-state index in [1.807, 2.05) is 44.2 Å². The molecule has 0 bridgehead atoms. The van der Waals surface area contributed by atoms with Gasteiger partial charge in [-0.2, -0.15) is 0 Å². The maximum absolute atomic E-state index is 13.2. The molecule has 1 aromatic carbocycles. The molecule has 228 valence electrons. The number of ether oxygens (including phenoxy) is 1. The summed E-state index contributed by atoms with van der Waals surface area (Å²) < 4.78 is 4.81. The predicted octanol–water partition coefficient (Wildman–Crippen LogP) is 5.86. The van der Waals surface area contributed by atoms with Gasteiger partial charge in [0.25, 0.3) is 0 Å². The molecule has 9 heteroatoms. The summed E-state index contributed by atoms with van der Waals surface area (Å²) in [5.74, 6) is -2.46. The number of carbonyl (C=O) groups is 4. The molecule has 2 fully saturated rings. The minimum atomic E-state index is -1.23. The maximum Gasteiger partial charge on any atom is 0.345 e. The Morgan fingerprint density at radius 2 is 1.51 bits per heavy atom. The van der Waals surface area contributed by atoms with Crippen LogP contribution in [-0.4, -0.2) is 62.1 Å². The molecule has 2 aliphatic heterocycles. The first-order valence-corrected chi connectivity index (χ1v) is 16.3. The van der Waals surface area contributed by atoms with E-state index in [4.69, 9.17) is 4.74 Å². The van der Waals surface area contributed by atoms with Crippen LogP contribution in [0, 0.1) is 0 Å². The Bertz CT molecular complexity index is 1020. The quantitative estimate of drug-likeness (QED) is 0.118. The fourth-order valence-electron chi connectivity index (χ4n) is 5.74. The molecule has 0 spiro atoms. The highest BCUT2D eigenvalue weighted by atomic mass is 32.2. The van der Waals surface area contributed by atoms with E-state index < -0.39 is 40.2 Å². The lowest BCUT2D eigenvalue weighted by Gasteiger charge is -2.44. The van der Waals surface area contributed by atoms with E-state index in [0.29, 0.717) is 6.42 Å². The van der Waals surface area contributed by atoms with Crippen molar-refractivity contribution in [3.05, 3.63) is 35.9 Å². The Morgan fingerprint density at radius 3 is 2.07 bits per heavy atom. The maximum atomic E-state index is 13.2. The van der Waals surface area contributed by atoms with Gasteiger partial charge in [-0.3, -0.25) is 9.59 Å². The van der Waals surface area contributed by atoms with E-state index in [-0.39, 0.29) is 24.7 Å². The van der Waals surface area contributed by atoms with Gasteiger partial charge in [-0.15, -0.1) is 11.8 Å². The van der Waals surface area contributed by atoms with Crippen LogP contribution in [0.4, 0.5) is 0 Å². The first-order chi connectivity index (χ1) is 19.7. The summed E-state index contributed by atoms with van der Waals surface area (Å²) in [7, 11) is 0. The normalized spacial score (nSPS) is 21.6. The molecule has 0 aliphatic carbocycles. The Kier molecular flexibility index (Phi) is 13.0. The molecule has 4 atom stereocenters. The Balaban J connectivity index is 1.40. The molecule has 2 amide bonds. The summed E-state index contributed by atoms with van der Waals surface area (Å²) >= 11 is 1.43. The Labute approximate surface area is 249 Å². The number of β-lactam (4-membered cyclic amide) rings is 1. The number of carboxylic acids is 1. The number of nitrogens with zero attached hydrogens (tertiary/aromatic N) is 1. The number of benzene rings is 1. The van der Waals surface area contributed by atoms with Gasteiger partial charge in [-0.1, -0.05) is 108 Å². The van der Waals surface area contributed by atoms with Crippen molar-refractivity contribution < 1.29 is 29.0 Å². The summed E-state index contributed by atoms with van der Waals surface area (Å²) in [5, 5.41) is 12.1. The van der Waals surface area contributed by atoms with E-state index in [1.165, 1.54) is 68.0 Å². The summed E-state index contributed by atoms with van der Waals surface area (Å²) in [5.41, 5.74) is 0.849. The molecular weight excluding hydrogens is 540 g/mol. The SMILES string of the molecule is CCCCCCCCCCCCCCC(OC(=O)[C@@H]1N2C(=O)[C@@H](NC(=O)Cc3ccccc3)[C@H]2SC1(C)C)C(=O)O. The zero-order chi connectivity index (χ0) is 29.8. The number of rotatable bonds is 19. The molecule has 8 nitrogen and oxygen atoms in total. The molecular formula is C32H48N2O6S. The second kappa shape index (κ2) is 16.2. The average Bonchev–Trinajstić information content (AvgIpc) is 3.19. The number of fused-ring (bicyclic) bond motifs is 1. The Morgan fingerprint density at radius 1 is 0.951 bits per heavy atom. The van der Waals surface area contributed by atoms with Gasteiger partial charge in [-0.25, -0.2) is 9.59 Å². The van der Waals surface area contributed by atoms with E-state index in [1.54, 1.807) is 0 Å². The van der Waals surface area contributed by atoms with Gasteiger partial charge in [0.1, 0.15) is 17.5 Å². The van der Waals surface area contributed by atoms with Gasteiger partial charge >= 0.3 is 11.9 Å². The number of hydrogen-bond acceptors (Lipinski definition) is 6. The number of nitrogens with one attached hydrogen (secondary N) is 1. The topological polar surface area (TPSA) is 113 Å². The van der Waals surface area contributed by atoms with Gasteiger partial charge in [-0.05, 0) is 32.3 Å². The van der Waals surface area contributed by atoms with Gasteiger partial charge in [0.2, 0.25) is 11.8 Å². The minimum absolute atomic E-state index is 0.163. The highest BCUT2D eigenvalue weighted by Crippen LogP contribution is 2.51. The molecule has 2 saturated heterocycles. The molecule has 0 radical (unpaired) electrons. The van der Waals surface area contributed by atoms with Crippen LogP contribution in [0.3, 0.4) is 0 Å². The van der Waals surface area contributed by atoms with Gasteiger partial charge < -0.3 is 20.1 Å². The zero-order valence-electron chi connectivity index (χ0n) is 24.9. The number of unbranched alkanes of at least 4 members (excludes halogenated alkanes) is 11. The standard InChI is InChI=1S/C32H48N2O6S/c1-4-5-6-7-8-9-10-11-12-13-14-18-21-24(30(37)38)40-31(39)27-32(2,3)41-29-26(28(36)34(27)29)33-25(35)22-23-19-16-15-17-20-23/h15-17,19-20,24,26-27,29H,4-14,18,21-22H2,1-3H3,(H,33,35)(H,37,38)/t24?,26-,27+,29-/m1/s1. The number of carboxylic acid groups (broad SMARTS) is 1. The fraction of sp³-hybridized carbons (Fsp3) is 0.688. The van der Waals surface area contributed by atoms with Crippen molar-refractivity contribution in [3.8, 4) is 0 Å². The number of aliphatic carboxylic acids is 1. The van der Waals surface area contributed by atoms with Crippen molar-refractivity contribution in [2.75, 3.05) is 0 Å². The zero-order valence-corrected chi connectivity index (χ0v) is 25.8. The smallest absolute Gasteiger partial charge is 0.345 e. The molecule has 3 rings (SSSR count). The second-order valence-corrected chi connectivity index (χ2v) is 13.7. The van der Waals surface area contributed by atoms with Crippen LogP contribution >= 0.6 is 11.8 Å². The molecule has 1 aromatic rings. The van der Waals surface area contributed by atoms with Crippen LogP contribution < -0.4 is 5.32 Å². The van der Waals surface area contributed by atoms with Crippen LogP contribution in [0.2, 0.25) is 0 Å². The highest BCUT2D eigenvalue weighted by Gasteiger charge is 2.64. The van der Waals surface area contributed by atoms with Crippen molar-refractivity contribution >= 4 is 35.5 Å². The summed E-state index contributed by atoms with van der Waals surface area (Å²) in [4.78, 5) is 52.1. The molecule has 2 N–H and O–H groups in total. The third-order valence-corrected chi connectivity index (χ3v) is 9.61. The molecule has 41 heavy (non-hydrogen) atoms. The van der Waals surface area contributed by atoms with Crippen LogP contribution in [0.1, 0.15) is 110 Å². The number of esters is 1. The lowest BCUT2D eigenvalue weighted by molar-refractivity contribution is -0.174. The molecule has 2 aliphatic rings. The van der Waals surface area contributed by atoms with E-state index >= 15 is 0 Å². The minimum Gasteiger partial charge on any atom is -0.479 e. The third-order valence-electron chi connectivity index (χ3n) is 8.04. The van der Waals surface area contributed by atoms with Crippen LogP contribution in [-0.2, 0) is 30.3 Å². The first-order valence-electron chi connectivity index (χ1n) is 15.4. The lowest BCUT2D eigenvalue weighted by atomic mass is 9.95. The fourth-order valence-corrected chi connectivity index (χ4v) is 7.36. The van der Waals surface area contributed by atoms with E-state index in [9.17, 15) is 24.3 Å². The van der Waals surface area contributed by atoms with Crippen LogP contribution in [0.25, 0.3) is 0 Å². The largest absolute Gasteiger partial charge is 0.479 e. The summed E-state index contributed by atoms with van der Waals surface area (Å²) in [6, 6.07) is 7.66. The monoisotopic (exact) mass is 588 g/mol. The highest BCUT2D eigenvalue weighted by molar-refractivity contribution is 8.01. The average molecular weight is 589 g/mol. The van der Waals surface area contributed by atoms with E-state index in [0.717, 1.165) is 24.8 Å². The van der Waals surface area contributed by atoms with E-state index in [2.05, 4.69) is 12.2 Å². The Hall–Kier alpha value is -2.55. The van der Waals surface area contributed by atoms with Gasteiger partial charge in [0.15, 0.2) is 6.10 Å².